The predicted octanol–water partition coefficient (Wildman–Crippen LogP) is 1.49. The van der Waals surface area contributed by atoms with Gasteiger partial charge in [-0.15, -0.1) is 0 Å². The van der Waals surface area contributed by atoms with Crippen molar-refractivity contribution in [3.05, 3.63) is 35.4 Å². The number of thiocarbonyl (C=S) groups is 1. The third kappa shape index (κ3) is 3.39. The minimum atomic E-state index is -0.494. The van der Waals surface area contributed by atoms with Gasteiger partial charge < -0.3 is 15.4 Å². The highest BCUT2D eigenvalue weighted by Gasteiger charge is 2.33. The molecular weight excluding hydrogens is 288 g/mol. The zero-order chi connectivity index (χ0) is 15.4. The van der Waals surface area contributed by atoms with Crippen LogP contribution in [-0.2, 0) is 9.53 Å². The van der Waals surface area contributed by atoms with Gasteiger partial charge in [0.25, 0.3) is 5.91 Å². The van der Waals surface area contributed by atoms with Crippen LogP contribution in [0.1, 0.15) is 35.2 Å². The fraction of sp³-hybridized carbons (Fsp3) is 0.400. The largest absolute Gasteiger partial charge is 0.467 e. The molecule has 1 amide bonds. The highest BCUT2D eigenvalue weighted by molar-refractivity contribution is 7.80. The lowest BCUT2D eigenvalue weighted by molar-refractivity contribution is -0.147. The van der Waals surface area contributed by atoms with Crippen LogP contribution < -0.4 is 5.73 Å². The summed E-state index contributed by atoms with van der Waals surface area (Å²) in [5, 5.41) is 0. The van der Waals surface area contributed by atoms with E-state index in [0.717, 1.165) is 12.8 Å². The van der Waals surface area contributed by atoms with E-state index in [1.165, 1.54) is 7.11 Å². The van der Waals surface area contributed by atoms with E-state index < -0.39 is 6.04 Å². The molecular formula is C15H18N2O3S. The summed E-state index contributed by atoms with van der Waals surface area (Å²) in [6.07, 6.45) is 2.46. The van der Waals surface area contributed by atoms with Gasteiger partial charge >= 0.3 is 5.97 Å². The number of ether oxygens (including phenoxy) is 1. The van der Waals surface area contributed by atoms with Crippen LogP contribution in [-0.4, -0.2) is 41.5 Å². The molecule has 1 aromatic rings. The minimum Gasteiger partial charge on any atom is -0.467 e. The molecule has 1 unspecified atom stereocenters. The van der Waals surface area contributed by atoms with Crippen molar-refractivity contribution in [3.8, 4) is 0 Å². The lowest BCUT2D eigenvalue weighted by Gasteiger charge is -2.33. The van der Waals surface area contributed by atoms with Crippen LogP contribution in [0.4, 0.5) is 0 Å². The topological polar surface area (TPSA) is 72.6 Å². The van der Waals surface area contributed by atoms with Crippen molar-refractivity contribution in [1.29, 1.82) is 0 Å². The number of nitrogens with zero attached hydrogens (tertiary/aromatic N) is 1. The summed E-state index contributed by atoms with van der Waals surface area (Å²) >= 11 is 4.89. The minimum absolute atomic E-state index is 0.167. The van der Waals surface area contributed by atoms with Gasteiger partial charge in [0, 0.05) is 17.7 Å². The van der Waals surface area contributed by atoms with E-state index in [1.54, 1.807) is 29.2 Å². The molecule has 112 valence electrons. The van der Waals surface area contributed by atoms with E-state index in [4.69, 9.17) is 22.7 Å². The second kappa shape index (κ2) is 6.67. The molecule has 2 rings (SSSR count). The Balaban J connectivity index is 2.20. The molecule has 1 aliphatic heterocycles. The smallest absolute Gasteiger partial charge is 0.328 e. The number of carbonyl (C=O) groups is 2. The van der Waals surface area contributed by atoms with E-state index in [1.807, 2.05) is 0 Å². The third-order valence-electron chi connectivity index (χ3n) is 3.65. The Labute approximate surface area is 129 Å². The lowest BCUT2D eigenvalue weighted by Crippen LogP contribution is -2.48. The average molecular weight is 306 g/mol. The number of rotatable bonds is 3. The van der Waals surface area contributed by atoms with Crippen LogP contribution in [0, 0.1) is 0 Å². The lowest BCUT2D eigenvalue weighted by atomic mass is 10.0. The van der Waals surface area contributed by atoms with Crippen molar-refractivity contribution >= 4 is 29.1 Å². The number of hydrogen-bond donors (Lipinski definition) is 1. The van der Waals surface area contributed by atoms with Crippen molar-refractivity contribution in [3.63, 3.8) is 0 Å². The van der Waals surface area contributed by atoms with Crippen LogP contribution >= 0.6 is 12.2 Å². The summed E-state index contributed by atoms with van der Waals surface area (Å²) in [5.41, 5.74) is 6.77. The Morgan fingerprint density at radius 3 is 2.43 bits per heavy atom. The van der Waals surface area contributed by atoms with Crippen molar-refractivity contribution in [2.45, 2.75) is 25.3 Å². The van der Waals surface area contributed by atoms with E-state index in [-0.39, 0.29) is 11.9 Å². The number of methoxy groups -OCH3 is 1. The summed E-state index contributed by atoms with van der Waals surface area (Å²) in [5.74, 6) is -0.526. The number of amides is 1. The zero-order valence-electron chi connectivity index (χ0n) is 11.9. The summed E-state index contributed by atoms with van der Waals surface area (Å²) in [6, 6.07) is 6.30. The molecule has 1 aromatic carbocycles. The molecule has 1 aliphatic rings. The van der Waals surface area contributed by atoms with Crippen molar-refractivity contribution < 1.29 is 14.3 Å². The first kappa shape index (κ1) is 15.4. The zero-order valence-corrected chi connectivity index (χ0v) is 12.7. The second-order valence-electron chi connectivity index (χ2n) is 4.97. The summed E-state index contributed by atoms with van der Waals surface area (Å²) < 4.78 is 4.79. The number of carbonyl (C=O) groups excluding carboxylic acids is 2. The molecule has 5 nitrogen and oxygen atoms in total. The Hall–Kier alpha value is -1.95. The van der Waals surface area contributed by atoms with Crippen molar-refractivity contribution in [1.82, 2.24) is 4.90 Å². The van der Waals surface area contributed by atoms with Gasteiger partial charge in [0.05, 0.1) is 7.11 Å². The predicted molar refractivity (Wildman–Crippen MR) is 83.0 cm³/mol. The van der Waals surface area contributed by atoms with Gasteiger partial charge in [-0.05, 0) is 31.4 Å². The second-order valence-corrected chi connectivity index (χ2v) is 5.41. The first-order valence-corrected chi connectivity index (χ1v) is 7.24. The van der Waals surface area contributed by atoms with Crippen LogP contribution in [0.5, 0.6) is 0 Å². The molecule has 1 fully saturated rings. The summed E-state index contributed by atoms with van der Waals surface area (Å²) in [4.78, 5) is 26.3. The fourth-order valence-electron chi connectivity index (χ4n) is 2.50. The molecule has 0 radical (unpaired) electrons. The monoisotopic (exact) mass is 306 g/mol. The first-order valence-electron chi connectivity index (χ1n) is 6.83. The number of nitrogens with two attached hydrogens (primary N) is 1. The van der Waals surface area contributed by atoms with Crippen LogP contribution in [0.2, 0.25) is 0 Å². The third-order valence-corrected chi connectivity index (χ3v) is 3.89. The molecule has 21 heavy (non-hydrogen) atoms. The fourth-order valence-corrected chi connectivity index (χ4v) is 2.63. The van der Waals surface area contributed by atoms with Crippen molar-refractivity contribution in [2.24, 2.45) is 5.73 Å². The molecule has 0 saturated carbocycles. The molecule has 0 bridgehead atoms. The van der Waals surface area contributed by atoms with Gasteiger partial charge in [-0.1, -0.05) is 24.4 Å². The maximum atomic E-state index is 12.6. The van der Waals surface area contributed by atoms with Gasteiger partial charge in [-0.25, -0.2) is 4.79 Å². The maximum Gasteiger partial charge on any atom is 0.328 e. The number of likely N-dealkylation sites (tertiary alicyclic amines) is 1. The standard InChI is InChI=1S/C15H18N2O3S/c1-20-15(19)12-4-2-3-9-17(12)14(18)11-7-5-10(6-8-11)13(16)21/h5-8,12H,2-4,9H2,1H3,(H2,16,21). The molecule has 0 aliphatic carbocycles. The maximum absolute atomic E-state index is 12.6. The van der Waals surface area contributed by atoms with Gasteiger partial charge in [0.15, 0.2) is 0 Å². The Morgan fingerprint density at radius 2 is 1.86 bits per heavy atom. The molecule has 1 saturated heterocycles. The van der Waals surface area contributed by atoms with E-state index in [9.17, 15) is 9.59 Å². The Kier molecular flexibility index (Phi) is 4.90. The normalized spacial score (nSPS) is 18.1. The Bertz CT molecular complexity index is 557. The molecule has 0 spiro atoms. The van der Waals surface area contributed by atoms with Gasteiger partial charge in [-0.2, -0.15) is 0 Å². The quantitative estimate of drug-likeness (QED) is 0.676. The van der Waals surface area contributed by atoms with Gasteiger partial charge in [0.2, 0.25) is 0 Å². The Morgan fingerprint density at radius 1 is 1.24 bits per heavy atom. The van der Waals surface area contributed by atoms with Crippen LogP contribution in [0.3, 0.4) is 0 Å². The van der Waals surface area contributed by atoms with Crippen LogP contribution in [0.15, 0.2) is 24.3 Å². The highest BCUT2D eigenvalue weighted by atomic mass is 32.1. The molecule has 1 heterocycles. The summed E-state index contributed by atoms with van der Waals surface area (Å²) in [6.45, 7) is 0.565. The first-order chi connectivity index (χ1) is 10.0. The number of esters is 1. The van der Waals surface area contributed by atoms with Crippen LogP contribution in [0.25, 0.3) is 0 Å². The number of piperidine rings is 1. The molecule has 6 heteroatoms. The number of hydrogen-bond acceptors (Lipinski definition) is 4. The SMILES string of the molecule is COC(=O)C1CCCCN1C(=O)c1ccc(C(N)=S)cc1. The van der Waals surface area contributed by atoms with Gasteiger partial charge in [0.1, 0.15) is 11.0 Å². The van der Waals surface area contributed by atoms with E-state index in [2.05, 4.69) is 0 Å². The molecule has 0 aromatic heterocycles. The molecule has 1 atom stereocenters. The van der Waals surface area contributed by atoms with E-state index >= 15 is 0 Å². The van der Waals surface area contributed by atoms with Gasteiger partial charge in [-0.3, -0.25) is 4.79 Å². The highest BCUT2D eigenvalue weighted by Crippen LogP contribution is 2.21. The van der Waals surface area contributed by atoms with Crippen molar-refractivity contribution in [2.75, 3.05) is 13.7 Å². The summed E-state index contributed by atoms with van der Waals surface area (Å²) in [7, 11) is 1.34. The van der Waals surface area contributed by atoms with E-state index in [0.29, 0.717) is 29.1 Å². The number of benzene rings is 1. The molecule has 2 N–H and O–H groups in total. The average Bonchev–Trinajstić information content (AvgIpc) is 2.53.